The SMILES string of the molecule is CN(C)CC1CN(Cc2coc(-c3ccccc3Cl)n2)CCO1. The number of benzene rings is 1. The van der Waals surface area contributed by atoms with Gasteiger partial charge in [0.1, 0.15) is 6.26 Å². The van der Waals surface area contributed by atoms with Crippen molar-refractivity contribution in [2.45, 2.75) is 12.6 Å². The summed E-state index contributed by atoms with van der Waals surface area (Å²) in [5, 5.41) is 0.651. The van der Waals surface area contributed by atoms with Crippen molar-refractivity contribution in [3.8, 4) is 11.5 Å². The molecule has 1 atom stereocenters. The van der Waals surface area contributed by atoms with Gasteiger partial charge < -0.3 is 14.1 Å². The molecule has 124 valence electrons. The minimum absolute atomic E-state index is 0.244. The molecule has 1 aliphatic heterocycles. The van der Waals surface area contributed by atoms with E-state index < -0.39 is 0 Å². The van der Waals surface area contributed by atoms with Gasteiger partial charge in [-0.15, -0.1) is 0 Å². The lowest BCUT2D eigenvalue weighted by atomic mass is 10.2. The van der Waals surface area contributed by atoms with E-state index in [1.165, 1.54) is 0 Å². The second-order valence-corrected chi connectivity index (χ2v) is 6.52. The van der Waals surface area contributed by atoms with Crippen molar-refractivity contribution in [3.05, 3.63) is 41.2 Å². The molecule has 1 fully saturated rings. The fraction of sp³-hybridized carbons (Fsp3) is 0.471. The van der Waals surface area contributed by atoms with Crippen LogP contribution in [0.4, 0.5) is 0 Å². The van der Waals surface area contributed by atoms with Crippen LogP contribution in [0.15, 0.2) is 34.9 Å². The van der Waals surface area contributed by atoms with E-state index >= 15 is 0 Å². The number of aromatic nitrogens is 1. The Labute approximate surface area is 141 Å². The maximum absolute atomic E-state index is 6.20. The molecule has 1 aromatic carbocycles. The lowest BCUT2D eigenvalue weighted by Gasteiger charge is -2.33. The van der Waals surface area contributed by atoms with Gasteiger partial charge in [-0.1, -0.05) is 23.7 Å². The number of ether oxygens (including phenoxy) is 1. The maximum Gasteiger partial charge on any atom is 0.227 e. The highest BCUT2D eigenvalue weighted by molar-refractivity contribution is 6.33. The normalized spacial score (nSPS) is 19.4. The van der Waals surface area contributed by atoms with Gasteiger partial charge in [-0.2, -0.15) is 0 Å². The van der Waals surface area contributed by atoms with E-state index in [1.54, 1.807) is 6.26 Å². The summed E-state index contributed by atoms with van der Waals surface area (Å²) in [4.78, 5) is 9.08. The Morgan fingerprint density at radius 3 is 2.96 bits per heavy atom. The molecule has 0 amide bonds. The summed E-state index contributed by atoms with van der Waals surface area (Å²) in [7, 11) is 4.13. The van der Waals surface area contributed by atoms with Gasteiger partial charge in [-0.25, -0.2) is 4.98 Å². The smallest absolute Gasteiger partial charge is 0.227 e. The highest BCUT2D eigenvalue weighted by atomic mass is 35.5. The molecule has 0 aliphatic carbocycles. The molecular formula is C17H22ClN3O2. The summed E-state index contributed by atoms with van der Waals surface area (Å²) in [6, 6.07) is 7.58. The zero-order valence-electron chi connectivity index (χ0n) is 13.5. The van der Waals surface area contributed by atoms with Crippen LogP contribution >= 0.6 is 11.6 Å². The molecule has 1 aliphatic rings. The molecule has 0 spiro atoms. The third-order valence-corrected chi connectivity index (χ3v) is 4.16. The van der Waals surface area contributed by atoms with Crippen molar-refractivity contribution >= 4 is 11.6 Å². The highest BCUT2D eigenvalue weighted by Gasteiger charge is 2.22. The molecule has 1 saturated heterocycles. The van der Waals surface area contributed by atoms with Gasteiger partial charge in [-0.05, 0) is 26.2 Å². The van der Waals surface area contributed by atoms with E-state index in [2.05, 4.69) is 28.9 Å². The Morgan fingerprint density at radius 2 is 2.17 bits per heavy atom. The second kappa shape index (κ2) is 7.45. The van der Waals surface area contributed by atoms with E-state index in [9.17, 15) is 0 Å². The quantitative estimate of drug-likeness (QED) is 0.840. The molecule has 1 aromatic heterocycles. The predicted molar refractivity (Wildman–Crippen MR) is 90.5 cm³/mol. The summed E-state index contributed by atoms with van der Waals surface area (Å²) in [5.41, 5.74) is 1.75. The Balaban J connectivity index is 1.64. The Bertz CT molecular complexity index is 644. The number of hydrogen-bond donors (Lipinski definition) is 0. The molecule has 23 heavy (non-hydrogen) atoms. The summed E-state index contributed by atoms with van der Waals surface area (Å²) in [6.45, 7) is 4.28. The average molecular weight is 336 g/mol. The molecule has 2 aromatic rings. The van der Waals surface area contributed by atoms with Gasteiger partial charge in [0.2, 0.25) is 5.89 Å². The lowest BCUT2D eigenvalue weighted by molar-refractivity contribution is -0.0410. The van der Waals surface area contributed by atoms with Crippen molar-refractivity contribution in [3.63, 3.8) is 0 Å². The Hall–Kier alpha value is -1.40. The highest BCUT2D eigenvalue weighted by Crippen LogP contribution is 2.27. The molecule has 0 saturated carbocycles. The zero-order chi connectivity index (χ0) is 16.2. The third-order valence-electron chi connectivity index (χ3n) is 3.83. The van der Waals surface area contributed by atoms with Crippen molar-refractivity contribution < 1.29 is 9.15 Å². The van der Waals surface area contributed by atoms with Gasteiger partial charge in [0.25, 0.3) is 0 Å². The summed E-state index contributed by atoms with van der Waals surface area (Å²) in [5.74, 6) is 0.573. The zero-order valence-corrected chi connectivity index (χ0v) is 14.3. The first-order valence-corrected chi connectivity index (χ1v) is 8.17. The van der Waals surface area contributed by atoms with E-state index in [1.807, 2.05) is 24.3 Å². The van der Waals surface area contributed by atoms with Crippen LogP contribution in [0.25, 0.3) is 11.5 Å². The Kier molecular flexibility index (Phi) is 5.33. The van der Waals surface area contributed by atoms with Gasteiger partial charge >= 0.3 is 0 Å². The van der Waals surface area contributed by atoms with Crippen LogP contribution in [0.1, 0.15) is 5.69 Å². The van der Waals surface area contributed by atoms with Crippen molar-refractivity contribution in [1.82, 2.24) is 14.8 Å². The van der Waals surface area contributed by atoms with Crippen molar-refractivity contribution in [2.24, 2.45) is 0 Å². The number of halogens is 1. The Morgan fingerprint density at radius 1 is 1.35 bits per heavy atom. The van der Waals surface area contributed by atoms with Crippen LogP contribution in [0.2, 0.25) is 5.02 Å². The number of morpholine rings is 1. The average Bonchev–Trinajstić information content (AvgIpc) is 2.95. The van der Waals surface area contributed by atoms with Gasteiger partial charge in [0.15, 0.2) is 0 Å². The molecule has 0 bridgehead atoms. The number of nitrogens with zero attached hydrogens (tertiary/aromatic N) is 3. The van der Waals surface area contributed by atoms with Crippen molar-refractivity contribution in [1.29, 1.82) is 0 Å². The molecule has 6 heteroatoms. The standard InChI is InChI=1S/C17H22ClN3O2/c1-20(2)10-14-11-21(7-8-22-14)9-13-12-23-17(19-13)15-5-3-4-6-16(15)18/h3-6,12,14H,7-11H2,1-2H3. The minimum atomic E-state index is 0.244. The largest absolute Gasteiger partial charge is 0.444 e. The van der Waals surface area contributed by atoms with Crippen LogP contribution in [-0.4, -0.2) is 61.2 Å². The first-order chi connectivity index (χ1) is 11.1. The molecule has 5 nitrogen and oxygen atoms in total. The number of hydrogen-bond acceptors (Lipinski definition) is 5. The van der Waals surface area contributed by atoms with Crippen LogP contribution in [-0.2, 0) is 11.3 Å². The van der Waals surface area contributed by atoms with Gasteiger partial charge in [0.05, 0.1) is 29.0 Å². The fourth-order valence-electron chi connectivity index (χ4n) is 2.81. The fourth-order valence-corrected chi connectivity index (χ4v) is 3.03. The summed E-state index contributed by atoms with van der Waals surface area (Å²) >= 11 is 6.20. The lowest BCUT2D eigenvalue weighted by Crippen LogP contribution is -2.46. The van der Waals surface area contributed by atoms with E-state index in [-0.39, 0.29) is 6.10 Å². The molecule has 2 heterocycles. The first kappa shape index (κ1) is 16.5. The summed E-state index contributed by atoms with van der Waals surface area (Å²) < 4.78 is 11.4. The topological polar surface area (TPSA) is 41.7 Å². The number of likely N-dealkylation sites (N-methyl/N-ethyl adjacent to an activating group) is 1. The van der Waals surface area contributed by atoms with Crippen LogP contribution in [0.5, 0.6) is 0 Å². The van der Waals surface area contributed by atoms with Crippen LogP contribution < -0.4 is 0 Å². The molecular weight excluding hydrogens is 314 g/mol. The van der Waals surface area contributed by atoms with E-state index in [4.69, 9.17) is 20.8 Å². The monoisotopic (exact) mass is 335 g/mol. The van der Waals surface area contributed by atoms with Crippen LogP contribution in [0.3, 0.4) is 0 Å². The van der Waals surface area contributed by atoms with Crippen molar-refractivity contribution in [2.75, 3.05) is 40.3 Å². The number of rotatable bonds is 5. The first-order valence-electron chi connectivity index (χ1n) is 7.80. The number of oxazole rings is 1. The minimum Gasteiger partial charge on any atom is -0.444 e. The molecule has 0 radical (unpaired) electrons. The maximum atomic E-state index is 6.20. The van der Waals surface area contributed by atoms with Crippen LogP contribution in [0, 0.1) is 0 Å². The second-order valence-electron chi connectivity index (χ2n) is 6.11. The third kappa shape index (κ3) is 4.32. The molecule has 1 unspecified atom stereocenters. The van der Waals surface area contributed by atoms with Gasteiger partial charge in [0, 0.05) is 26.2 Å². The molecule has 3 rings (SSSR count). The van der Waals surface area contributed by atoms with E-state index in [0.717, 1.165) is 44.0 Å². The predicted octanol–water partition coefficient (Wildman–Crippen LogP) is 2.76. The van der Waals surface area contributed by atoms with E-state index in [0.29, 0.717) is 10.9 Å². The van der Waals surface area contributed by atoms with Gasteiger partial charge in [-0.3, -0.25) is 4.90 Å². The molecule has 0 N–H and O–H groups in total. The summed E-state index contributed by atoms with van der Waals surface area (Å²) in [6.07, 6.45) is 1.96.